The highest BCUT2D eigenvalue weighted by Gasteiger charge is 2.31. The Morgan fingerprint density at radius 3 is 2.19 bits per heavy atom. The molecule has 0 aliphatic rings. The van der Waals surface area contributed by atoms with Gasteiger partial charge in [0.25, 0.3) is 5.91 Å². The van der Waals surface area contributed by atoms with Crippen LogP contribution in [0.4, 0.5) is 0 Å². The van der Waals surface area contributed by atoms with Gasteiger partial charge in [0.1, 0.15) is 12.1 Å². The second-order valence-corrected chi connectivity index (χ2v) is 9.32. The number of hydrogen-bond acceptors (Lipinski definition) is 5. The van der Waals surface area contributed by atoms with E-state index in [1.165, 1.54) is 24.3 Å². The van der Waals surface area contributed by atoms with Crippen molar-refractivity contribution in [2.75, 3.05) is 0 Å². The number of rotatable bonds is 10. The zero-order chi connectivity index (χ0) is 23.0. The van der Waals surface area contributed by atoms with E-state index in [2.05, 4.69) is 10.0 Å². The summed E-state index contributed by atoms with van der Waals surface area (Å²) in [6.45, 7) is 3.57. The third-order valence-corrected chi connectivity index (χ3v) is 6.66. The quantitative estimate of drug-likeness (QED) is 0.315. The summed E-state index contributed by atoms with van der Waals surface area (Å²) in [5, 5.41) is 12.0. The van der Waals surface area contributed by atoms with E-state index in [9.17, 15) is 18.0 Å². The van der Waals surface area contributed by atoms with Gasteiger partial charge in [0.15, 0.2) is 0 Å². The minimum absolute atomic E-state index is 0.0469. The number of sulfonamides is 1. The molecule has 0 spiro atoms. The lowest BCUT2D eigenvalue weighted by Crippen LogP contribution is -2.56. The molecule has 0 saturated carbocycles. The van der Waals surface area contributed by atoms with Crippen LogP contribution in [0.2, 0.25) is 5.02 Å². The maximum absolute atomic E-state index is 13.0. The van der Waals surface area contributed by atoms with E-state index < -0.39 is 33.9 Å². The summed E-state index contributed by atoms with van der Waals surface area (Å²) in [7, 11) is -4.05. The van der Waals surface area contributed by atoms with Gasteiger partial charge in [0.2, 0.25) is 15.9 Å². The Labute approximate surface area is 187 Å². The van der Waals surface area contributed by atoms with Gasteiger partial charge in [0, 0.05) is 5.02 Å². The zero-order valence-corrected chi connectivity index (χ0v) is 18.8. The minimum Gasteiger partial charge on any atom is -0.343 e. The summed E-state index contributed by atoms with van der Waals surface area (Å²) in [4.78, 5) is 25.0. The normalized spacial score (nSPS) is 14.3. The molecule has 0 bridgehead atoms. The molecule has 0 saturated heterocycles. The minimum atomic E-state index is -4.05. The molecule has 0 aromatic heterocycles. The number of amides is 2. The molecule has 0 radical (unpaired) electrons. The number of nitrogens with one attached hydrogen (secondary N) is 3. The molecule has 2 aromatic rings. The van der Waals surface area contributed by atoms with Gasteiger partial charge in [-0.05, 0) is 42.2 Å². The summed E-state index contributed by atoms with van der Waals surface area (Å²) >= 11 is 5.83. The van der Waals surface area contributed by atoms with Gasteiger partial charge in [-0.3, -0.25) is 14.8 Å². The monoisotopic (exact) mass is 467 g/mol. The molecule has 31 heavy (non-hydrogen) atoms. The molecule has 8 nitrogen and oxygen atoms in total. The zero-order valence-electron chi connectivity index (χ0n) is 17.2. The number of carbonyl (C=O) groups excluding carboxylic acids is 2. The van der Waals surface area contributed by atoms with Crippen LogP contribution in [-0.2, 0) is 26.0 Å². The van der Waals surface area contributed by atoms with E-state index in [4.69, 9.17) is 16.8 Å². The molecule has 0 unspecified atom stereocenters. The van der Waals surface area contributed by atoms with Gasteiger partial charge in [-0.15, -0.1) is 0 Å². The average Bonchev–Trinajstić information content (AvgIpc) is 2.76. The van der Waals surface area contributed by atoms with Crippen LogP contribution in [-0.4, -0.2) is 37.5 Å². The number of carbonyl (C=O) groups is 2. The smallest absolute Gasteiger partial charge is 0.266 e. The Kier molecular flexibility index (Phi) is 9.00. The number of halogens is 1. The first-order chi connectivity index (χ1) is 14.7. The predicted molar refractivity (Wildman–Crippen MR) is 117 cm³/mol. The van der Waals surface area contributed by atoms with Gasteiger partial charge >= 0.3 is 0 Å². The van der Waals surface area contributed by atoms with Crippen molar-refractivity contribution in [3.05, 3.63) is 65.2 Å². The van der Waals surface area contributed by atoms with E-state index >= 15 is 0 Å². The van der Waals surface area contributed by atoms with Crippen molar-refractivity contribution in [2.45, 2.75) is 43.7 Å². The van der Waals surface area contributed by atoms with E-state index in [1.54, 1.807) is 42.7 Å². The third-order valence-electron chi connectivity index (χ3n) is 4.92. The van der Waals surface area contributed by atoms with Gasteiger partial charge in [-0.25, -0.2) is 13.9 Å². The Morgan fingerprint density at radius 2 is 1.65 bits per heavy atom. The molecule has 168 valence electrons. The van der Waals surface area contributed by atoms with Crippen molar-refractivity contribution in [3.63, 3.8) is 0 Å². The second kappa shape index (κ2) is 11.2. The molecular weight excluding hydrogens is 442 g/mol. The van der Waals surface area contributed by atoms with Crippen LogP contribution in [0.15, 0.2) is 59.5 Å². The summed E-state index contributed by atoms with van der Waals surface area (Å²) in [5.74, 6) is -1.75. The van der Waals surface area contributed by atoms with E-state index in [-0.39, 0.29) is 17.2 Å². The predicted octanol–water partition coefficient (Wildman–Crippen LogP) is 2.27. The Bertz CT molecular complexity index is 984. The first-order valence-corrected chi connectivity index (χ1v) is 11.6. The SMILES string of the molecule is CC[C@H](C)[C@H](NC(=O)[C@H](Cc1ccccc1)NS(=O)(=O)c1ccc(Cl)cc1)C(=O)NO. The summed E-state index contributed by atoms with van der Waals surface area (Å²) in [5.41, 5.74) is 2.28. The Morgan fingerprint density at radius 1 is 1.03 bits per heavy atom. The lowest BCUT2D eigenvalue weighted by atomic mass is 9.97. The molecule has 2 aromatic carbocycles. The average molecular weight is 468 g/mol. The van der Waals surface area contributed by atoms with Crippen molar-refractivity contribution in [2.24, 2.45) is 5.92 Å². The molecule has 0 fully saturated rings. The fraction of sp³-hybridized carbons (Fsp3) is 0.333. The standard InChI is InChI=1S/C21H26ClN3O5S/c1-3-14(2)19(21(27)24-28)23-20(26)18(13-15-7-5-4-6-8-15)25-31(29,30)17-11-9-16(22)10-12-17/h4-12,14,18-19,25,28H,3,13H2,1-2H3,(H,23,26)(H,24,27)/t14-,18-,19-/m0/s1. The van der Waals surface area contributed by atoms with Crippen molar-refractivity contribution in [1.82, 2.24) is 15.5 Å². The molecule has 3 atom stereocenters. The lowest BCUT2D eigenvalue weighted by Gasteiger charge is -2.25. The maximum atomic E-state index is 13.0. The lowest BCUT2D eigenvalue weighted by molar-refractivity contribution is -0.136. The Hall–Kier alpha value is -2.46. The number of hydrogen-bond donors (Lipinski definition) is 4. The fourth-order valence-electron chi connectivity index (χ4n) is 2.93. The van der Waals surface area contributed by atoms with Gasteiger partial charge in [-0.2, -0.15) is 4.72 Å². The van der Waals surface area contributed by atoms with Gasteiger partial charge in [-0.1, -0.05) is 62.2 Å². The Balaban J connectivity index is 2.32. The van der Waals surface area contributed by atoms with E-state index in [1.807, 2.05) is 6.92 Å². The van der Waals surface area contributed by atoms with E-state index in [0.717, 1.165) is 5.56 Å². The highest BCUT2D eigenvalue weighted by atomic mass is 35.5. The van der Waals surface area contributed by atoms with Crippen LogP contribution in [0.25, 0.3) is 0 Å². The van der Waals surface area contributed by atoms with Crippen LogP contribution >= 0.6 is 11.6 Å². The molecule has 2 amide bonds. The molecule has 0 aliphatic heterocycles. The van der Waals surface area contributed by atoms with Crippen LogP contribution in [0.1, 0.15) is 25.8 Å². The molecular formula is C21H26ClN3O5S. The summed E-state index contributed by atoms with van der Waals surface area (Å²) in [6, 6.07) is 12.2. The fourth-order valence-corrected chi connectivity index (χ4v) is 4.25. The summed E-state index contributed by atoms with van der Waals surface area (Å²) < 4.78 is 28.1. The highest BCUT2D eigenvalue weighted by molar-refractivity contribution is 7.89. The number of hydroxylamine groups is 1. The van der Waals surface area contributed by atoms with Crippen molar-refractivity contribution >= 4 is 33.4 Å². The van der Waals surface area contributed by atoms with Crippen LogP contribution in [0.3, 0.4) is 0 Å². The van der Waals surface area contributed by atoms with E-state index in [0.29, 0.717) is 11.4 Å². The second-order valence-electron chi connectivity index (χ2n) is 7.17. The molecule has 4 N–H and O–H groups in total. The highest BCUT2D eigenvalue weighted by Crippen LogP contribution is 2.16. The number of benzene rings is 2. The van der Waals surface area contributed by atoms with Crippen LogP contribution < -0.4 is 15.5 Å². The first kappa shape index (κ1) is 24.8. The summed E-state index contributed by atoms with van der Waals surface area (Å²) in [6.07, 6.45) is 0.617. The van der Waals surface area contributed by atoms with Crippen molar-refractivity contribution in [3.8, 4) is 0 Å². The van der Waals surface area contributed by atoms with Crippen LogP contribution in [0, 0.1) is 5.92 Å². The van der Waals surface area contributed by atoms with Crippen molar-refractivity contribution in [1.29, 1.82) is 0 Å². The third kappa shape index (κ3) is 7.03. The molecule has 10 heteroatoms. The maximum Gasteiger partial charge on any atom is 0.266 e. The molecule has 0 aliphatic carbocycles. The molecule has 2 rings (SSSR count). The van der Waals surface area contributed by atoms with Gasteiger partial charge < -0.3 is 5.32 Å². The molecule has 0 heterocycles. The van der Waals surface area contributed by atoms with Crippen molar-refractivity contribution < 1.29 is 23.2 Å². The first-order valence-electron chi connectivity index (χ1n) is 9.74. The van der Waals surface area contributed by atoms with Crippen LogP contribution in [0.5, 0.6) is 0 Å². The largest absolute Gasteiger partial charge is 0.343 e. The van der Waals surface area contributed by atoms with Gasteiger partial charge in [0.05, 0.1) is 4.90 Å². The topological polar surface area (TPSA) is 125 Å².